The predicted octanol–water partition coefficient (Wildman–Crippen LogP) is 3.04. The fourth-order valence-electron chi connectivity index (χ4n) is 1.59. The van der Waals surface area contributed by atoms with Crippen LogP contribution in [0.5, 0.6) is 5.88 Å². The van der Waals surface area contributed by atoms with Crippen LogP contribution in [0.1, 0.15) is 39.9 Å². The van der Waals surface area contributed by atoms with Crippen molar-refractivity contribution >= 4 is 11.2 Å². The number of hydrogen-bond acceptors (Lipinski definition) is 3. The van der Waals surface area contributed by atoms with Gasteiger partial charge in [0.1, 0.15) is 5.82 Å². The third kappa shape index (κ3) is 2.25. The molecule has 2 aromatic heterocycles. The summed E-state index contributed by atoms with van der Waals surface area (Å²) in [5.41, 5.74) is 1.74. The molecule has 2 aromatic rings. The zero-order chi connectivity index (χ0) is 12.5. The summed E-state index contributed by atoms with van der Waals surface area (Å²) in [6.07, 6.45) is 1.03. The summed E-state index contributed by atoms with van der Waals surface area (Å²) >= 11 is 0. The van der Waals surface area contributed by atoms with E-state index in [1.165, 1.54) is 0 Å². The Morgan fingerprint density at radius 1 is 1.24 bits per heavy atom. The Balaban J connectivity index is 2.43. The van der Waals surface area contributed by atoms with E-state index in [9.17, 15) is 0 Å². The maximum absolute atomic E-state index is 5.37. The average molecular weight is 233 g/mol. The molecule has 4 heteroatoms. The molecular formula is C13H19N3O. The summed E-state index contributed by atoms with van der Waals surface area (Å²) in [4.78, 5) is 12.2. The SMILES string of the molecule is CCOc1ccc2[nH]c(C(C)(C)CC)nc2n1. The topological polar surface area (TPSA) is 50.8 Å². The molecule has 0 bridgehead atoms. The molecule has 0 aliphatic heterocycles. The van der Waals surface area contributed by atoms with Crippen molar-refractivity contribution in [2.75, 3.05) is 6.61 Å². The molecule has 0 aromatic carbocycles. The molecular weight excluding hydrogens is 214 g/mol. The van der Waals surface area contributed by atoms with Gasteiger partial charge in [0.2, 0.25) is 5.88 Å². The minimum atomic E-state index is 0.0481. The van der Waals surface area contributed by atoms with E-state index in [2.05, 4.69) is 35.7 Å². The van der Waals surface area contributed by atoms with Crippen LogP contribution in [0.25, 0.3) is 11.2 Å². The van der Waals surface area contributed by atoms with Crippen LogP contribution in [0.4, 0.5) is 0 Å². The third-order valence-electron chi connectivity index (χ3n) is 3.14. The summed E-state index contributed by atoms with van der Waals surface area (Å²) < 4.78 is 5.37. The van der Waals surface area contributed by atoms with Crippen LogP contribution in [0, 0.1) is 0 Å². The first kappa shape index (κ1) is 11.9. The molecule has 0 atom stereocenters. The standard InChI is InChI=1S/C13H19N3O/c1-5-13(3,4)12-14-9-7-8-10(17-6-2)15-11(9)16-12/h7-8H,5-6H2,1-4H3,(H,14,15,16). The van der Waals surface area contributed by atoms with Crippen molar-refractivity contribution < 1.29 is 4.74 Å². The zero-order valence-corrected chi connectivity index (χ0v) is 10.9. The zero-order valence-electron chi connectivity index (χ0n) is 10.9. The number of imidazole rings is 1. The average Bonchev–Trinajstić information content (AvgIpc) is 2.73. The molecule has 0 aliphatic rings. The lowest BCUT2D eigenvalue weighted by atomic mass is 9.90. The predicted molar refractivity (Wildman–Crippen MR) is 68.4 cm³/mol. The summed E-state index contributed by atoms with van der Waals surface area (Å²) in [7, 11) is 0. The molecule has 0 amide bonds. The minimum absolute atomic E-state index is 0.0481. The molecule has 4 nitrogen and oxygen atoms in total. The third-order valence-corrected chi connectivity index (χ3v) is 3.14. The molecule has 0 spiro atoms. The number of H-pyrrole nitrogens is 1. The first-order chi connectivity index (χ1) is 8.06. The smallest absolute Gasteiger partial charge is 0.215 e. The van der Waals surface area contributed by atoms with Gasteiger partial charge in [-0.05, 0) is 19.4 Å². The highest BCUT2D eigenvalue weighted by molar-refractivity contribution is 5.71. The van der Waals surface area contributed by atoms with E-state index in [1.807, 2.05) is 19.1 Å². The number of rotatable bonds is 4. The monoisotopic (exact) mass is 233 g/mol. The summed E-state index contributed by atoms with van der Waals surface area (Å²) in [6.45, 7) is 9.08. The molecule has 0 aliphatic carbocycles. The number of pyridine rings is 1. The fourth-order valence-corrected chi connectivity index (χ4v) is 1.59. The van der Waals surface area contributed by atoms with Crippen LogP contribution in [0.2, 0.25) is 0 Å². The molecule has 0 saturated heterocycles. The number of aromatic nitrogens is 3. The normalized spacial score (nSPS) is 12.0. The molecule has 2 rings (SSSR count). The van der Waals surface area contributed by atoms with Gasteiger partial charge in [-0.2, -0.15) is 4.98 Å². The Labute approximate surface area is 101 Å². The molecule has 92 valence electrons. The number of ether oxygens (including phenoxy) is 1. The highest BCUT2D eigenvalue weighted by atomic mass is 16.5. The maximum atomic E-state index is 5.37. The summed E-state index contributed by atoms with van der Waals surface area (Å²) in [5, 5.41) is 0. The second-order valence-corrected chi connectivity index (χ2v) is 4.78. The first-order valence-electron chi connectivity index (χ1n) is 6.07. The molecule has 0 unspecified atom stereocenters. The quantitative estimate of drug-likeness (QED) is 0.883. The van der Waals surface area contributed by atoms with E-state index >= 15 is 0 Å². The van der Waals surface area contributed by atoms with Gasteiger partial charge in [0.15, 0.2) is 5.65 Å². The van der Waals surface area contributed by atoms with Crippen molar-refractivity contribution in [3.8, 4) is 5.88 Å². The Bertz CT molecular complexity index is 516. The van der Waals surface area contributed by atoms with Gasteiger partial charge in [-0.3, -0.25) is 0 Å². The van der Waals surface area contributed by atoms with Crippen LogP contribution in [-0.2, 0) is 5.41 Å². The Morgan fingerprint density at radius 3 is 2.65 bits per heavy atom. The Kier molecular flexibility index (Phi) is 3.05. The van der Waals surface area contributed by atoms with Crippen molar-refractivity contribution in [1.29, 1.82) is 0 Å². The first-order valence-corrected chi connectivity index (χ1v) is 6.07. The molecule has 1 N–H and O–H groups in total. The number of fused-ring (bicyclic) bond motifs is 1. The van der Waals surface area contributed by atoms with Crippen molar-refractivity contribution in [3.05, 3.63) is 18.0 Å². The van der Waals surface area contributed by atoms with Gasteiger partial charge in [0, 0.05) is 11.5 Å². The summed E-state index contributed by atoms with van der Waals surface area (Å²) in [6, 6.07) is 3.84. The second kappa shape index (κ2) is 4.35. The van der Waals surface area contributed by atoms with Gasteiger partial charge < -0.3 is 9.72 Å². The molecule has 0 saturated carbocycles. The van der Waals surface area contributed by atoms with E-state index in [-0.39, 0.29) is 5.41 Å². The van der Waals surface area contributed by atoms with Crippen LogP contribution in [0.15, 0.2) is 12.1 Å². The van der Waals surface area contributed by atoms with Crippen molar-refractivity contribution in [2.24, 2.45) is 0 Å². The van der Waals surface area contributed by atoms with Gasteiger partial charge in [-0.1, -0.05) is 20.8 Å². The molecule has 0 radical (unpaired) electrons. The van der Waals surface area contributed by atoms with Gasteiger partial charge in [0.25, 0.3) is 0 Å². The van der Waals surface area contributed by atoms with Gasteiger partial charge in [-0.25, -0.2) is 4.98 Å². The van der Waals surface area contributed by atoms with E-state index < -0.39 is 0 Å². The van der Waals surface area contributed by atoms with Crippen LogP contribution < -0.4 is 4.74 Å². The molecule has 2 heterocycles. The van der Waals surface area contributed by atoms with E-state index in [0.717, 1.165) is 23.4 Å². The number of nitrogens with zero attached hydrogens (tertiary/aromatic N) is 2. The van der Waals surface area contributed by atoms with Gasteiger partial charge >= 0.3 is 0 Å². The number of aromatic amines is 1. The Hall–Kier alpha value is -1.58. The highest BCUT2D eigenvalue weighted by Crippen LogP contribution is 2.26. The fraction of sp³-hybridized carbons (Fsp3) is 0.538. The van der Waals surface area contributed by atoms with Gasteiger partial charge in [0.05, 0.1) is 12.1 Å². The van der Waals surface area contributed by atoms with E-state index in [1.54, 1.807) is 0 Å². The van der Waals surface area contributed by atoms with Crippen molar-refractivity contribution in [2.45, 2.75) is 39.5 Å². The maximum Gasteiger partial charge on any atom is 0.215 e. The van der Waals surface area contributed by atoms with Crippen LogP contribution in [-0.4, -0.2) is 21.6 Å². The molecule has 17 heavy (non-hydrogen) atoms. The highest BCUT2D eigenvalue weighted by Gasteiger charge is 2.22. The Morgan fingerprint density at radius 2 is 2.00 bits per heavy atom. The number of hydrogen-bond donors (Lipinski definition) is 1. The van der Waals surface area contributed by atoms with Crippen LogP contribution >= 0.6 is 0 Å². The van der Waals surface area contributed by atoms with Crippen molar-refractivity contribution in [3.63, 3.8) is 0 Å². The second-order valence-electron chi connectivity index (χ2n) is 4.78. The lowest BCUT2D eigenvalue weighted by molar-refractivity contribution is 0.328. The largest absolute Gasteiger partial charge is 0.478 e. The lowest BCUT2D eigenvalue weighted by Gasteiger charge is -2.18. The minimum Gasteiger partial charge on any atom is -0.478 e. The summed E-state index contributed by atoms with van der Waals surface area (Å²) in [5.74, 6) is 1.61. The van der Waals surface area contributed by atoms with Crippen LogP contribution in [0.3, 0.4) is 0 Å². The lowest BCUT2D eigenvalue weighted by Crippen LogP contribution is -2.17. The van der Waals surface area contributed by atoms with Crippen molar-refractivity contribution in [1.82, 2.24) is 15.0 Å². The van der Waals surface area contributed by atoms with E-state index in [4.69, 9.17) is 4.74 Å². The number of nitrogens with one attached hydrogen (secondary N) is 1. The van der Waals surface area contributed by atoms with E-state index in [0.29, 0.717) is 12.5 Å². The molecule has 0 fully saturated rings. The van der Waals surface area contributed by atoms with Gasteiger partial charge in [-0.15, -0.1) is 0 Å².